The van der Waals surface area contributed by atoms with Gasteiger partial charge >= 0.3 is 6.03 Å². The standard InChI is InChI=1S/C21H25N5O3/c1-3-4-11-21(24-25-21)13-14-22-17(27)15-26-18(28)20(2,23-19(26)29)12-10-16-8-6-5-7-9-16/h1,5-9H,4,10-15H2,2H3,(H,22,27)(H,23,29). The number of carbonyl (C=O) groups excluding carboxylic acids is 3. The van der Waals surface area contributed by atoms with E-state index in [1.807, 2.05) is 30.3 Å². The highest BCUT2D eigenvalue weighted by Gasteiger charge is 2.48. The molecular formula is C21H25N5O3. The molecule has 0 saturated carbocycles. The van der Waals surface area contributed by atoms with E-state index in [-0.39, 0.29) is 12.5 Å². The Morgan fingerprint density at radius 2 is 1.93 bits per heavy atom. The van der Waals surface area contributed by atoms with Gasteiger partial charge in [-0.2, -0.15) is 10.2 Å². The average Bonchev–Trinajstić information content (AvgIpc) is 3.45. The van der Waals surface area contributed by atoms with Crippen LogP contribution < -0.4 is 10.6 Å². The van der Waals surface area contributed by atoms with Crippen LogP contribution in [0.1, 0.15) is 38.2 Å². The maximum Gasteiger partial charge on any atom is 0.325 e. The lowest BCUT2D eigenvalue weighted by Crippen LogP contribution is -2.45. The fourth-order valence-electron chi connectivity index (χ4n) is 3.37. The number of terminal acetylenes is 1. The van der Waals surface area contributed by atoms with Gasteiger partial charge in [0.15, 0.2) is 5.66 Å². The summed E-state index contributed by atoms with van der Waals surface area (Å²) < 4.78 is 0. The normalized spacial score (nSPS) is 21.6. The number of hydrogen-bond acceptors (Lipinski definition) is 5. The molecule has 8 heteroatoms. The first kappa shape index (κ1) is 20.5. The maximum atomic E-state index is 12.8. The Kier molecular flexibility index (Phi) is 5.97. The Labute approximate surface area is 170 Å². The van der Waals surface area contributed by atoms with E-state index in [9.17, 15) is 14.4 Å². The van der Waals surface area contributed by atoms with Crippen molar-refractivity contribution in [2.24, 2.45) is 10.2 Å². The summed E-state index contributed by atoms with van der Waals surface area (Å²) in [5.41, 5.74) is -0.406. The molecule has 2 heterocycles. The number of hydrogen-bond donors (Lipinski definition) is 2. The number of imide groups is 1. The number of nitrogens with zero attached hydrogens (tertiary/aromatic N) is 3. The molecule has 2 aliphatic heterocycles. The Morgan fingerprint density at radius 3 is 2.59 bits per heavy atom. The fraction of sp³-hybridized carbons (Fsp3) is 0.476. The Hall–Kier alpha value is -3.21. The van der Waals surface area contributed by atoms with E-state index in [1.165, 1.54) is 0 Å². The van der Waals surface area contributed by atoms with Crippen LogP contribution in [0.2, 0.25) is 0 Å². The predicted octanol–water partition coefficient (Wildman–Crippen LogP) is 2.01. The predicted molar refractivity (Wildman–Crippen MR) is 107 cm³/mol. The van der Waals surface area contributed by atoms with Crippen LogP contribution in [0.4, 0.5) is 4.79 Å². The molecule has 0 spiro atoms. The lowest BCUT2D eigenvalue weighted by atomic mass is 9.93. The number of urea groups is 1. The van der Waals surface area contributed by atoms with Crippen molar-refractivity contribution in [2.75, 3.05) is 13.1 Å². The monoisotopic (exact) mass is 395 g/mol. The van der Waals surface area contributed by atoms with Gasteiger partial charge in [-0.15, -0.1) is 12.3 Å². The van der Waals surface area contributed by atoms with Gasteiger partial charge in [-0.1, -0.05) is 30.3 Å². The van der Waals surface area contributed by atoms with Crippen LogP contribution >= 0.6 is 0 Å². The minimum absolute atomic E-state index is 0.308. The van der Waals surface area contributed by atoms with Crippen molar-refractivity contribution in [1.82, 2.24) is 15.5 Å². The molecule has 1 unspecified atom stereocenters. The fourth-order valence-corrected chi connectivity index (χ4v) is 3.37. The number of benzene rings is 1. The lowest BCUT2D eigenvalue weighted by Gasteiger charge is -2.21. The van der Waals surface area contributed by atoms with Gasteiger partial charge in [0.25, 0.3) is 5.91 Å². The molecule has 2 aliphatic rings. The zero-order chi connectivity index (χ0) is 20.9. The third-order valence-corrected chi connectivity index (χ3v) is 5.30. The summed E-state index contributed by atoms with van der Waals surface area (Å²) in [5, 5.41) is 13.5. The second-order valence-corrected chi connectivity index (χ2v) is 7.63. The average molecular weight is 395 g/mol. The molecule has 2 N–H and O–H groups in total. The summed E-state index contributed by atoms with van der Waals surface area (Å²) in [7, 11) is 0. The quantitative estimate of drug-likeness (QED) is 0.468. The van der Waals surface area contributed by atoms with Crippen molar-refractivity contribution in [3.8, 4) is 12.3 Å². The van der Waals surface area contributed by atoms with Crippen LogP contribution in [0.5, 0.6) is 0 Å². The second kappa shape index (κ2) is 8.43. The topological polar surface area (TPSA) is 103 Å². The molecule has 29 heavy (non-hydrogen) atoms. The van der Waals surface area contributed by atoms with E-state index in [2.05, 4.69) is 26.8 Å². The van der Waals surface area contributed by atoms with E-state index in [0.717, 1.165) is 10.5 Å². The van der Waals surface area contributed by atoms with Crippen LogP contribution in [-0.2, 0) is 16.0 Å². The molecule has 0 aliphatic carbocycles. The van der Waals surface area contributed by atoms with Crippen LogP contribution in [0, 0.1) is 12.3 Å². The van der Waals surface area contributed by atoms with Gasteiger partial charge in [-0.25, -0.2) is 4.79 Å². The van der Waals surface area contributed by atoms with E-state index < -0.39 is 23.1 Å². The maximum absolute atomic E-state index is 12.8. The van der Waals surface area contributed by atoms with Crippen LogP contribution in [0.3, 0.4) is 0 Å². The summed E-state index contributed by atoms with van der Waals surface area (Å²) in [5.74, 6) is 1.78. The minimum atomic E-state index is -1.02. The molecule has 1 fully saturated rings. The third kappa shape index (κ3) is 4.99. The zero-order valence-corrected chi connectivity index (χ0v) is 16.5. The highest BCUT2D eigenvalue weighted by atomic mass is 16.2. The van der Waals surface area contributed by atoms with Crippen LogP contribution in [0.25, 0.3) is 0 Å². The first-order chi connectivity index (χ1) is 13.9. The molecule has 8 nitrogen and oxygen atoms in total. The Bertz CT molecular complexity index is 855. The summed E-state index contributed by atoms with van der Waals surface area (Å²) >= 11 is 0. The molecule has 0 bridgehead atoms. The molecule has 1 aromatic carbocycles. The van der Waals surface area contributed by atoms with Gasteiger partial charge in [-0.05, 0) is 25.3 Å². The van der Waals surface area contributed by atoms with Gasteiger partial charge in [0.05, 0.1) is 0 Å². The number of aryl methyl sites for hydroxylation is 1. The van der Waals surface area contributed by atoms with Crippen molar-refractivity contribution in [1.29, 1.82) is 0 Å². The molecule has 4 amide bonds. The molecule has 3 rings (SSSR count). The molecule has 1 aromatic rings. The van der Waals surface area contributed by atoms with E-state index in [0.29, 0.717) is 38.6 Å². The molecule has 1 atom stereocenters. The van der Waals surface area contributed by atoms with Gasteiger partial charge in [0.2, 0.25) is 5.91 Å². The smallest absolute Gasteiger partial charge is 0.325 e. The molecular weight excluding hydrogens is 370 g/mol. The third-order valence-electron chi connectivity index (χ3n) is 5.30. The Balaban J connectivity index is 1.46. The van der Waals surface area contributed by atoms with Crippen molar-refractivity contribution in [3.63, 3.8) is 0 Å². The summed E-state index contributed by atoms with van der Waals surface area (Å²) in [4.78, 5) is 38.2. The zero-order valence-electron chi connectivity index (χ0n) is 16.5. The highest BCUT2D eigenvalue weighted by Crippen LogP contribution is 2.36. The van der Waals surface area contributed by atoms with E-state index >= 15 is 0 Å². The van der Waals surface area contributed by atoms with Crippen molar-refractivity contribution in [3.05, 3.63) is 35.9 Å². The lowest BCUT2D eigenvalue weighted by molar-refractivity contribution is -0.134. The number of rotatable bonds is 10. The second-order valence-electron chi connectivity index (χ2n) is 7.63. The number of carbonyl (C=O) groups is 3. The first-order valence-corrected chi connectivity index (χ1v) is 9.70. The molecule has 0 radical (unpaired) electrons. The molecule has 0 aromatic heterocycles. The van der Waals surface area contributed by atoms with Crippen LogP contribution in [0.15, 0.2) is 40.6 Å². The van der Waals surface area contributed by atoms with Crippen molar-refractivity contribution < 1.29 is 14.4 Å². The van der Waals surface area contributed by atoms with Gasteiger partial charge in [0, 0.05) is 25.8 Å². The largest absolute Gasteiger partial charge is 0.354 e. The number of amides is 4. The van der Waals surface area contributed by atoms with Crippen molar-refractivity contribution in [2.45, 2.75) is 50.2 Å². The van der Waals surface area contributed by atoms with Gasteiger partial charge in [0.1, 0.15) is 12.1 Å². The van der Waals surface area contributed by atoms with Crippen molar-refractivity contribution >= 4 is 17.8 Å². The van der Waals surface area contributed by atoms with Gasteiger partial charge < -0.3 is 10.6 Å². The minimum Gasteiger partial charge on any atom is -0.354 e. The Morgan fingerprint density at radius 1 is 1.21 bits per heavy atom. The van der Waals surface area contributed by atoms with Gasteiger partial charge in [-0.3, -0.25) is 14.5 Å². The SMILES string of the molecule is C#CCCC1(CCNC(=O)CN2C(=O)NC(C)(CCc3ccccc3)C2=O)N=N1. The first-order valence-electron chi connectivity index (χ1n) is 9.70. The summed E-state index contributed by atoms with van der Waals surface area (Å²) in [6.45, 7) is 1.74. The highest BCUT2D eigenvalue weighted by molar-refractivity contribution is 6.08. The van der Waals surface area contributed by atoms with E-state index in [1.54, 1.807) is 6.92 Å². The molecule has 152 valence electrons. The van der Waals surface area contributed by atoms with Crippen LogP contribution in [-0.4, -0.2) is 47.0 Å². The summed E-state index contributed by atoms with van der Waals surface area (Å²) in [6.07, 6.45) is 8.15. The van der Waals surface area contributed by atoms with E-state index in [4.69, 9.17) is 6.42 Å². The number of nitrogens with one attached hydrogen (secondary N) is 2. The molecule has 1 saturated heterocycles. The summed E-state index contributed by atoms with van der Waals surface area (Å²) in [6, 6.07) is 9.20.